The van der Waals surface area contributed by atoms with Gasteiger partial charge >= 0.3 is 0 Å². The highest BCUT2D eigenvalue weighted by atomic mass is 35.5. The topological polar surface area (TPSA) is 59.9 Å². The summed E-state index contributed by atoms with van der Waals surface area (Å²) in [6.07, 6.45) is 3.76. The molecular weight excluding hydrogens is 384 g/mol. The summed E-state index contributed by atoms with van der Waals surface area (Å²) in [7, 11) is 1.59. The Morgan fingerprint density at radius 3 is 2.70 bits per heavy atom. The number of halogens is 1. The Bertz CT molecular complexity index is 825. The summed E-state index contributed by atoms with van der Waals surface area (Å²) < 4.78 is 11.0. The second-order valence-corrected chi connectivity index (χ2v) is 7.29. The van der Waals surface area contributed by atoms with Crippen LogP contribution >= 0.6 is 23.4 Å². The number of ether oxygens (including phenoxy) is 2. The van der Waals surface area contributed by atoms with Crippen molar-refractivity contribution in [3.05, 3.63) is 52.5 Å². The largest absolute Gasteiger partial charge is 0.493 e. The summed E-state index contributed by atoms with van der Waals surface area (Å²) >= 11 is 7.60. The summed E-state index contributed by atoms with van der Waals surface area (Å²) in [4.78, 5) is 13.2. The highest BCUT2D eigenvalue weighted by Crippen LogP contribution is 2.28. The monoisotopic (exact) mass is 406 g/mol. The molecule has 2 rings (SSSR count). The van der Waals surface area contributed by atoms with Gasteiger partial charge in [0, 0.05) is 9.92 Å². The Morgan fingerprint density at radius 2 is 2.04 bits per heavy atom. The van der Waals surface area contributed by atoms with Crippen LogP contribution in [0.2, 0.25) is 5.02 Å². The summed E-state index contributed by atoms with van der Waals surface area (Å²) in [5, 5.41) is 4.64. The molecule has 144 valence electrons. The zero-order valence-corrected chi connectivity index (χ0v) is 17.4. The van der Waals surface area contributed by atoms with Crippen LogP contribution in [0.3, 0.4) is 0 Å². The Hall–Kier alpha value is -2.18. The Morgan fingerprint density at radius 1 is 1.26 bits per heavy atom. The predicted octanol–water partition coefficient (Wildman–Crippen LogP) is 4.55. The highest BCUT2D eigenvalue weighted by molar-refractivity contribution is 7.98. The molecular formula is C20H23ClN2O3S. The minimum atomic E-state index is -0.212. The molecule has 0 heterocycles. The van der Waals surface area contributed by atoms with Crippen molar-refractivity contribution in [2.45, 2.75) is 31.3 Å². The van der Waals surface area contributed by atoms with Gasteiger partial charge in [-0.25, -0.2) is 5.43 Å². The molecule has 0 bridgehead atoms. The van der Waals surface area contributed by atoms with Crippen LogP contribution in [0.15, 0.2) is 46.4 Å². The summed E-state index contributed by atoms with van der Waals surface area (Å²) in [6, 6.07) is 11.0. The van der Waals surface area contributed by atoms with Gasteiger partial charge in [0.15, 0.2) is 11.5 Å². The molecule has 7 heteroatoms. The van der Waals surface area contributed by atoms with Gasteiger partial charge in [0.1, 0.15) is 0 Å². The van der Waals surface area contributed by atoms with Crippen LogP contribution < -0.4 is 14.9 Å². The van der Waals surface area contributed by atoms with Gasteiger partial charge in [-0.15, -0.1) is 11.8 Å². The van der Waals surface area contributed by atoms with E-state index >= 15 is 0 Å². The van der Waals surface area contributed by atoms with Crippen LogP contribution in [0.4, 0.5) is 0 Å². The van der Waals surface area contributed by atoms with Crippen molar-refractivity contribution in [3.8, 4) is 11.5 Å². The van der Waals surface area contributed by atoms with Crippen molar-refractivity contribution >= 4 is 35.5 Å². The van der Waals surface area contributed by atoms with Crippen LogP contribution in [0.1, 0.15) is 25.0 Å². The standard InChI is InChI=1S/C20H23ClN2O3S/c1-13(2)26-18-9-14(5-7-17(18)25-3)12-22-23-20(24)11-15-10-16(21)6-8-19(15)27-4/h5-10,12-13H,11H2,1-4H3,(H,23,24)/b22-12-. The smallest absolute Gasteiger partial charge is 0.244 e. The Labute approximate surface area is 169 Å². The molecule has 5 nitrogen and oxygen atoms in total. The third kappa shape index (κ3) is 6.48. The number of rotatable bonds is 8. The number of nitrogens with one attached hydrogen (secondary N) is 1. The number of hydrogen-bond acceptors (Lipinski definition) is 5. The van der Waals surface area contributed by atoms with E-state index in [1.54, 1.807) is 37.2 Å². The van der Waals surface area contributed by atoms with E-state index in [-0.39, 0.29) is 18.4 Å². The van der Waals surface area contributed by atoms with Gasteiger partial charge < -0.3 is 9.47 Å². The molecule has 0 aromatic heterocycles. The third-order valence-electron chi connectivity index (χ3n) is 3.55. The van der Waals surface area contributed by atoms with E-state index in [1.807, 2.05) is 44.4 Å². The van der Waals surface area contributed by atoms with E-state index in [9.17, 15) is 4.79 Å². The second kappa shape index (κ2) is 10.2. The average Bonchev–Trinajstić information content (AvgIpc) is 2.61. The zero-order valence-electron chi connectivity index (χ0n) is 15.8. The molecule has 0 atom stereocenters. The fourth-order valence-corrected chi connectivity index (χ4v) is 3.19. The van der Waals surface area contributed by atoms with Gasteiger partial charge in [-0.05, 0) is 67.6 Å². The van der Waals surface area contributed by atoms with Gasteiger partial charge in [-0.3, -0.25) is 4.79 Å². The van der Waals surface area contributed by atoms with Crippen molar-refractivity contribution in [1.29, 1.82) is 0 Å². The minimum Gasteiger partial charge on any atom is -0.493 e. The maximum atomic E-state index is 12.2. The SMILES string of the molecule is COc1ccc(/C=N\NC(=O)Cc2cc(Cl)ccc2SC)cc1OC(C)C. The lowest BCUT2D eigenvalue weighted by molar-refractivity contribution is -0.120. The maximum absolute atomic E-state index is 12.2. The Kier molecular flexibility index (Phi) is 8.00. The molecule has 2 aromatic rings. The zero-order chi connectivity index (χ0) is 19.8. The molecule has 0 saturated heterocycles. The Balaban J connectivity index is 2.02. The molecule has 0 aliphatic rings. The first-order chi connectivity index (χ1) is 12.9. The van der Waals surface area contributed by atoms with Gasteiger partial charge in [0.05, 0.1) is 25.8 Å². The van der Waals surface area contributed by atoms with Gasteiger partial charge in [-0.2, -0.15) is 5.10 Å². The molecule has 1 N–H and O–H groups in total. The molecule has 0 radical (unpaired) electrons. The van der Waals surface area contributed by atoms with Crippen molar-refractivity contribution in [2.24, 2.45) is 5.10 Å². The van der Waals surface area contributed by atoms with Gasteiger partial charge in [-0.1, -0.05) is 11.6 Å². The normalized spacial score (nSPS) is 11.0. The van der Waals surface area contributed by atoms with Crippen molar-refractivity contribution in [2.75, 3.05) is 13.4 Å². The molecule has 2 aromatic carbocycles. The first kappa shape index (κ1) is 21.1. The summed E-state index contributed by atoms with van der Waals surface area (Å²) in [6.45, 7) is 3.89. The van der Waals surface area contributed by atoms with Crippen molar-refractivity contribution in [1.82, 2.24) is 5.43 Å². The number of carbonyl (C=O) groups is 1. The molecule has 0 saturated carbocycles. The summed E-state index contributed by atoms with van der Waals surface area (Å²) in [5.74, 6) is 1.07. The number of hydrogen-bond donors (Lipinski definition) is 1. The number of thioether (sulfide) groups is 1. The maximum Gasteiger partial charge on any atom is 0.244 e. The lowest BCUT2D eigenvalue weighted by Crippen LogP contribution is -2.20. The number of carbonyl (C=O) groups excluding carboxylic acids is 1. The number of amides is 1. The minimum absolute atomic E-state index is 0.0223. The van der Waals surface area contributed by atoms with Gasteiger partial charge in [0.2, 0.25) is 5.91 Å². The van der Waals surface area contributed by atoms with Crippen LogP contribution in [0, 0.1) is 0 Å². The van der Waals surface area contributed by atoms with E-state index < -0.39 is 0 Å². The molecule has 1 amide bonds. The summed E-state index contributed by atoms with van der Waals surface area (Å²) in [5.41, 5.74) is 4.21. The molecule has 0 fully saturated rings. The van der Waals surface area contributed by atoms with E-state index in [0.29, 0.717) is 16.5 Å². The lowest BCUT2D eigenvalue weighted by Gasteiger charge is -2.13. The van der Waals surface area contributed by atoms with Crippen LogP contribution in [0.5, 0.6) is 11.5 Å². The fraction of sp³-hybridized carbons (Fsp3) is 0.300. The van der Waals surface area contributed by atoms with E-state index in [4.69, 9.17) is 21.1 Å². The molecule has 0 unspecified atom stereocenters. The quantitative estimate of drug-likeness (QED) is 0.397. The number of methoxy groups -OCH3 is 1. The highest BCUT2D eigenvalue weighted by Gasteiger charge is 2.09. The first-order valence-corrected chi connectivity index (χ1v) is 10.0. The first-order valence-electron chi connectivity index (χ1n) is 8.42. The third-order valence-corrected chi connectivity index (χ3v) is 4.62. The lowest BCUT2D eigenvalue weighted by atomic mass is 10.1. The van der Waals surface area contributed by atoms with Crippen LogP contribution in [-0.4, -0.2) is 31.6 Å². The fourth-order valence-electron chi connectivity index (χ4n) is 2.40. The van der Waals surface area contributed by atoms with Crippen molar-refractivity contribution < 1.29 is 14.3 Å². The second-order valence-electron chi connectivity index (χ2n) is 6.00. The van der Waals surface area contributed by atoms with Crippen molar-refractivity contribution in [3.63, 3.8) is 0 Å². The molecule has 27 heavy (non-hydrogen) atoms. The molecule has 0 spiro atoms. The molecule has 0 aliphatic heterocycles. The van der Waals surface area contributed by atoms with Crippen LogP contribution in [0.25, 0.3) is 0 Å². The van der Waals surface area contributed by atoms with Crippen LogP contribution in [-0.2, 0) is 11.2 Å². The number of hydrazone groups is 1. The van der Waals surface area contributed by atoms with E-state index in [0.717, 1.165) is 16.0 Å². The predicted molar refractivity (Wildman–Crippen MR) is 111 cm³/mol. The van der Waals surface area contributed by atoms with E-state index in [2.05, 4.69) is 10.5 Å². The molecule has 0 aliphatic carbocycles. The number of benzene rings is 2. The average molecular weight is 407 g/mol. The van der Waals surface area contributed by atoms with Gasteiger partial charge in [0.25, 0.3) is 0 Å². The number of nitrogens with zero attached hydrogens (tertiary/aromatic N) is 1. The van der Waals surface area contributed by atoms with E-state index in [1.165, 1.54) is 0 Å².